The molecular formula is C17H15N3O4. The fourth-order valence-electron chi connectivity index (χ4n) is 2.50. The van der Waals surface area contributed by atoms with Crippen LogP contribution in [0.25, 0.3) is 22.3 Å². The summed E-state index contributed by atoms with van der Waals surface area (Å²) in [5.74, 6) is 0. The van der Waals surface area contributed by atoms with Crippen molar-refractivity contribution in [3.63, 3.8) is 0 Å². The molecule has 2 heterocycles. The number of carbonyl (C=O) groups excluding carboxylic acids is 1. The molecule has 2 aromatic heterocycles. The Morgan fingerprint density at radius 3 is 2.62 bits per heavy atom. The van der Waals surface area contributed by atoms with Crippen molar-refractivity contribution in [2.24, 2.45) is 0 Å². The van der Waals surface area contributed by atoms with Crippen LogP contribution in [0.1, 0.15) is 12.5 Å². The summed E-state index contributed by atoms with van der Waals surface area (Å²) in [6.45, 7) is 3.38. The number of hydrogen-bond donors (Lipinski definition) is 1. The number of carbonyl (C=O) groups is 1. The molecule has 0 fully saturated rings. The predicted molar refractivity (Wildman–Crippen MR) is 89.2 cm³/mol. The van der Waals surface area contributed by atoms with Crippen molar-refractivity contribution in [2.45, 2.75) is 13.8 Å². The standard InChI is InChI=1S/C17H15N3O4/c1-3-24-17(23)20-15(21)13-10(2)9-12(11-7-5-4-6-8-11)18-14(13)19-16(20)22/h4-9H,3H2,1-2H3,(H,18,19,22). The lowest BCUT2D eigenvalue weighted by Crippen LogP contribution is -2.40. The van der Waals surface area contributed by atoms with Crippen molar-refractivity contribution >= 4 is 17.1 Å². The van der Waals surface area contributed by atoms with E-state index in [1.165, 1.54) is 0 Å². The lowest BCUT2D eigenvalue weighted by molar-refractivity contribution is 0.152. The summed E-state index contributed by atoms with van der Waals surface area (Å²) in [6, 6.07) is 11.1. The van der Waals surface area contributed by atoms with Gasteiger partial charge in [0.25, 0.3) is 5.56 Å². The molecule has 0 saturated heterocycles. The van der Waals surface area contributed by atoms with E-state index >= 15 is 0 Å². The first-order valence-corrected chi connectivity index (χ1v) is 7.42. The molecule has 0 aliphatic carbocycles. The summed E-state index contributed by atoms with van der Waals surface area (Å²) in [7, 11) is 0. The summed E-state index contributed by atoms with van der Waals surface area (Å²) in [5, 5.41) is 0.183. The third-order valence-electron chi connectivity index (χ3n) is 3.58. The molecule has 3 rings (SSSR count). The smallest absolute Gasteiger partial charge is 0.425 e. The predicted octanol–water partition coefficient (Wildman–Crippen LogP) is 2.06. The van der Waals surface area contributed by atoms with E-state index in [0.717, 1.165) is 5.56 Å². The summed E-state index contributed by atoms with van der Waals surface area (Å²) in [6.07, 6.45) is -1.00. The first kappa shape index (κ1) is 15.7. The molecule has 1 N–H and O–H groups in total. The van der Waals surface area contributed by atoms with E-state index in [1.54, 1.807) is 19.9 Å². The van der Waals surface area contributed by atoms with Crippen LogP contribution in [0, 0.1) is 6.92 Å². The van der Waals surface area contributed by atoms with Crippen LogP contribution < -0.4 is 11.2 Å². The summed E-state index contributed by atoms with van der Waals surface area (Å²) in [5.41, 5.74) is 0.630. The number of nitrogens with one attached hydrogen (secondary N) is 1. The second-order valence-electron chi connectivity index (χ2n) is 5.18. The average molecular weight is 325 g/mol. The molecule has 0 bridgehead atoms. The summed E-state index contributed by atoms with van der Waals surface area (Å²) < 4.78 is 5.20. The van der Waals surface area contributed by atoms with Crippen LogP contribution in [0.15, 0.2) is 46.0 Å². The van der Waals surface area contributed by atoms with Gasteiger partial charge in [-0.25, -0.2) is 14.6 Å². The minimum atomic E-state index is -1.00. The van der Waals surface area contributed by atoms with Crippen molar-refractivity contribution in [3.05, 3.63) is 62.8 Å². The number of benzene rings is 1. The van der Waals surface area contributed by atoms with Crippen molar-refractivity contribution in [1.82, 2.24) is 14.5 Å². The molecule has 1 aromatic carbocycles. The molecule has 0 saturated carbocycles. The van der Waals surface area contributed by atoms with E-state index in [-0.39, 0.29) is 17.6 Å². The lowest BCUT2D eigenvalue weighted by atomic mass is 10.1. The van der Waals surface area contributed by atoms with Gasteiger partial charge in [-0.15, -0.1) is 0 Å². The van der Waals surface area contributed by atoms with Crippen LogP contribution in [0.5, 0.6) is 0 Å². The highest BCUT2D eigenvalue weighted by atomic mass is 16.5. The highest BCUT2D eigenvalue weighted by Gasteiger charge is 2.18. The van der Waals surface area contributed by atoms with Crippen molar-refractivity contribution in [3.8, 4) is 11.3 Å². The van der Waals surface area contributed by atoms with Crippen molar-refractivity contribution in [2.75, 3.05) is 6.61 Å². The molecule has 0 amide bonds. The number of aryl methyl sites for hydroxylation is 1. The Morgan fingerprint density at radius 2 is 1.96 bits per heavy atom. The molecule has 0 atom stereocenters. The van der Waals surface area contributed by atoms with Crippen LogP contribution in [0.3, 0.4) is 0 Å². The Balaban J connectivity index is 2.28. The van der Waals surface area contributed by atoms with Gasteiger partial charge in [-0.2, -0.15) is 4.57 Å². The average Bonchev–Trinajstić information content (AvgIpc) is 2.55. The van der Waals surface area contributed by atoms with Gasteiger partial charge in [0.05, 0.1) is 17.7 Å². The molecule has 0 unspecified atom stereocenters. The molecule has 0 aliphatic heterocycles. The Hall–Kier alpha value is -3.22. The topological polar surface area (TPSA) is 94.1 Å². The third kappa shape index (κ3) is 2.60. The third-order valence-corrected chi connectivity index (χ3v) is 3.58. The second kappa shape index (κ2) is 6.11. The molecule has 0 radical (unpaired) electrons. The molecule has 0 aliphatic rings. The van der Waals surface area contributed by atoms with Crippen LogP contribution in [-0.4, -0.2) is 27.2 Å². The number of aromatic nitrogens is 3. The second-order valence-corrected chi connectivity index (χ2v) is 5.18. The molecule has 7 nitrogen and oxygen atoms in total. The van der Waals surface area contributed by atoms with Gasteiger partial charge in [0.15, 0.2) is 0 Å². The molecular weight excluding hydrogens is 310 g/mol. The first-order chi connectivity index (χ1) is 11.5. The normalized spacial score (nSPS) is 10.8. The highest BCUT2D eigenvalue weighted by molar-refractivity contribution is 5.83. The number of H-pyrrole nitrogens is 1. The number of nitrogens with zero attached hydrogens (tertiary/aromatic N) is 2. The minimum absolute atomic E-state index is 0.0624. The van der Waals surface area contributed by atoms with Gasteiger partial charge in [0.2, 0.25) is 0 Å². The van der Waals surface area contributed by atoms with Crippen LogP contribution in [0.2, 0.25) is 0 Å². The van der Waals surface area contributed by atoms with Crippen LogP contribution >= 0.6 is 0 Å². The maximum atomic E-state index is 12.5. The molecule has 3 aromatic rings. The minimum Gasteiger partial charge on any atom is -0.449 e. The maximum absolute atomic E-state index is 12.5. The zero-order chi connectivity index (χ0) is 17.3. The molecule has 7 heteroatoms. The van der Waals surface area contributed by atoms with Crippen molar-refractivity contribution in [1.29, 1.82) is 0 Å². The Bertz CT molecular complexity index is 1040. The fourth-order valence-corrected chi connectivity index (χ4v) is 2.50. The van der Waals surface area contributed by atoms with E-state index in [1.807, 2.05) is 30.3 Å². The first-order valence-electron chi connectivity index (χ1n) is 7.42. The Kier molecular flexibility index (Phi) is 3.99. The van der Waals surface area contributed by atoms with Gasteiger partial charge in [-0.1, -0.05) is 30.3 Å². The van der Waals surface area contributed by atoms with Gasteiger partial charge in [0, 0.05) is 5.56 Å². The van der Waals surface area contributed by atoms with Gasteiger partial charge in [0.1, 0.15) is 5.65 Å². The van der Waals surface area contributed by atoms with Crippen molar-refractivity contribution < 1.29 is 9.53 Å². The summed E-state index contributed by atoms with van der Waals surface area (Å²) in [4.78, 5) is 43.3. The van der Waals surface area contributed by atoms with Crippen LogP contribution in [0.4, 0.5) is 4.79 Å². The zero-order valence-corrected chi connectivity index (χ0v) is 13.2. The quantitative estimate of drug-likeness (QED) is 0.778. The van der Waals surface area contributed by atoms with Crippen LogP contribution in [-0.2, 0) is 4.74 Å². The number of rotatable bonds is 2. The molecule has 24 heavy (non-hydrogen) atoms. The van der Waals surface area contributed by atoms with E-state index in [2.05, 4.69) is 9.97 Å². The number of aromatic amines is 1. The maximum Gasteiger partial charge on any atom is 0.425 e. The molecule has 122 valence electrons. The van der Waals surface area contributed by atoms with Gasteiger partial charge in [-0.05, 0) is 25.5 Å². The number of fused-ring (bicyclic) bond motifs is 1. The lowest BCUT2D eigenvalue weighted by Gasteiger charge is -2.08. The Morgan fingerprint density at radius 1 is 1.25 bits per heavy atom. The number of pyridine rings is 1. The highest BCUT2D eigenvalue weighted by Crippen LogP contribution is 2.20. The summed E-state index contributed by atoms with van der Waals surface area (Å²) >= 11 is 0. The number of ether oxygens (including phenoxy) is 1. The van der Waals surface area contributed by atoms with E-state index < -0.39 is 17.3 Å². The monoisotopic (exact) mass is 325 g/mol. The largest absolute Gasteiger partial charge is 0.449 e. The molecule has 0 spiro atoms. The zero-order valence-electron chi connectivity index (χ0n) is 13.2. The van der Waals surface area contributed by atoms with Gasteiger partial charge < -0.3 is 4.74 Å². The number of hydrogen-bond acceptors (Lipinski definition) is 5. The van der Waals surface area contributed by atoms with Gasteiger partial charge >= 0.3 is 11.8 Å². The van der Waals surface area contributed by atoms with Gasteiger partial charge in [-0.3, -0.25) is 9.78 Å². The van der Waals surface area contributed by atoms with E-state index in [9.17, 15) is 14.4 Å². The van der Waals surface area contributed by atoms with E-state index in [4.69, 9.17) is 4.74 Å². The SMILES string of the molecule is CCOC(=O)n1c(=O)[nH]c2nc(-c3ccccc3)cc(C)c2c1=O. The fraction of sp³-hybridized carbons (Fsp3) is 0.176. The Labute approximate surface area is 136 Å². The van der Waals surface area contributed by atoms with E-state index in [0.29, 0.717) is 15.8 Å².